The molecular weight excluding hydrogens is 653 g/mol. The summed E-state index contributed by atoms with van der Waals surface area (Å²) in [4.78, 5) is 50.6. The van der Waals surface area contributed by atoms with E-state index < -0.39 is 0 Å². The lowest BCUT2D eigenvalue weighted by Gasteiger charge is -2.08. The summed E-state index contributed by atoms with van der Waals surface area (Å²) in [6.45, 7) is 13.2. The van der Waals surface area contributed by atoms with Crippen molar-refractivity contribution in [3.05, 3.63) is 126 Å². The highest BCUT2D eigenvalue weighted by molar-refractivity contribution is 5.99. The van der Waals surface area contributed by atoms with E-state index in [2.05, 4.69) is 68.8 Å². The van der Waals surface area contributed by atoms with Crippen LogP contribution in [0.5, 0.6) is 0 Å². The van der Waals surface area contributed by atoms with E-state index in [1.807, 2.05) is 75.4 Å². The summed E-state index contributed by atoms with van der Waals surface area (Å²) in [7, 11) is 3.45. The molecular formula is C39H38N12O. The number of aryl methyl sites for hydroxylation is 3. The maximum Gasteiger partial charge on any atom is 0.269 e. The number of aliphatic imine (C=N–C) groups is 1. The highest BCUT2D eigenvalue weighted by Gasteiger charge is 2.14. The van der Waals surface area contributed by atoms with Crippen molar-refractivity contribution < 1.29 is 4.79 Å². The summed E-state index contributed by atoms with van der Waals surface area (Å²) < 4.78 is 0. The Morgan fingerprint density at radius 1 is 0.808 bits per heavy atom. The lowest BCUT2D eigenvalue weighted by Crippen LogP contribution is -2.21. The van der Waals surface area contributed by atoms with Crippen LogP contribution in [0.2, 0.25) is 0 Å². The predicted octanol–water partition coefficient (Wildman–Crippen LogP) is 7.71. The minimum Gasteiger partial charge on any atom is -0.350 e. The van der Waals surface area contributed by atoms with Crippen LogP contribution in [0.4, 0.5) is 23.3 Å². The van der Waals surface area contributed by atoms with Gasteiger partial charge in [-0.1, -0.05) is 18.7 Å². The maximum absolute atomic E-state index is 12.2. The molecule has 0 spiro atoms. The second-order valence-electron chi connectivity index (χ2n) is 12.1. The second kappa shape index (κ2) is 15.3. The standard InChI is InChI=1S/C21H22N6O.C18H16N6/c1-6-7-16(22-3)17-8-9-23-21(26-17)24-15-10-13(2)19-14(11-15)12-18(25-19)20(28)27(4)5;1-11-9-13(10-16-17(11)22-12(2)21-16)23-18-20-8-6-15(24-18)14-5-3-4-7-19-14/h6-12,25H,1,3H2,2,4-5H3,(H,23,24,26);3-10H,1-2H3,(H,21,22)(H,20,23,24)/b16-7-;. The Kier molecular flexibility index (Phi) is 10.2. The van der Waals surface area contributed by atoms with Gasteiger partial charge in [0.15, 0.2) is 0 Å². The minimum absolute atomic E-state index is 0.0698. The Labute approximate surface area is 300 Å². The van der Waals surface area contributed by atoms with Crippen LogP contribution in [0.1, 0.15) is 33.1 Å². The second-order valence-corrected chi connectivity index (χ2v) is 12.1. The zero-order chi connectivity index (χ0) is 36.8. The van der Waals surface area contributed by atoms with Gasteiger partial charge in [0.05, 0.1) is 33.8 Å². The van der Waals surface area contributed by atoms with E-state index in [0.29, 0.717) is 29.0 Å². The number of nitrogens with one attached hydrogen (secondary N) is 4. The first kappa shape index (κ1) is 34.8. The smallest absolute Gasteiger partial charge is 0.269 e. The summed E-state index contributed by atoms with van der Waals surface area (Å²) >= 11 is 0. The summed E-state index contributed by atoms with van der Waals surface area (Å²) in [6.07, 6.45) is 8.50. The quantitative estimate of drug-likeness (QED) is 0.0876. The van der Waals surface area contributed by atoms with Gasteiger partial charge >= 0.3 is 0 Å². The molecule has 0 bridgehead atoms. The molecule has 1 amide bonds. The van der Waals surface area contributed by atoms with Crippen molar-refractivity contribution in [1.29, 1.82) is 0 Å². The molecule has 0 radical (unpaired) electrons. The molecule has 7 aromatic rings. The fourth-order valence-corrected chi connectivity index (χ4v) is 5.57. The third kappa shape index (κ3) is 7.89. The SMILES string of the molecule is C=C/C=C(\N=C)c1ccnc(Nc2cc(C)c3[nH]c(C(=O)N(C)C)cc3c2)n1.Cc1nc2c(C)cc(Nc3nccc(-c4ccccn4)n3)cc2[nH]1. The number of aromatic nitrogens is 8. The Bertz CT molecular complexity index is 2440. The highest BCUT2D eigenvalue weighted by atomic mass is 16.2. The van der Waals surface area contributed by atoms with Gasteiger partial charge in [0.2, 0.25) is 11.9 Å². The zero-order valence-electron chi connectivity index (χ0n) is 29.6. The van der Waals surface area contributed by atoms with E-state index in [1.54, 1.807) is 55.8 Å². The van der Waals surface area contributed by atoms with Crippen LogP contribution in [-0.2, 0) is 0 Å². The average molecular weight is 691 g/mol. The molecule has 0 fully saturated rings. The Morgan fingerprint density at radius 3 is 2.25 bits per heavy atom. The molecule has 5 aromatic heterocycles. The van der Waals surface area contributed by atoms with E-state index in [9.17, 15) is 4.79 Å². The van der Waals surface area contributed by atoms with Crippen molar-refractivity contribution >= 4 is 63.5 Å². The average Bonchev–Trinajstić information content (AvgIpc) is 3.75. The minimum atomic E-state index is -0.0698. The number of amides is 1. The van der Waals surface area contributed by atoms with Crippen LogP contribution < -0.4 is 10.6 Å². The summed E-state index contributed by atoms with van der Waals surface area (Å²) in [6, 6.07) is 19.2. The normalized spacial score (nSPS) is 11.1. The van der Waals surface area contributed by atoms with Crippen molar-refractivity contribution in [3.8, 4) is 11.4 Å². The molecule has 0 saturated carbocycles. The van der Waals surface area contributed by atoms with Crippen LogP contribution >= 0.6 is 0 Å². The third-order valence-corrected chi connectivity index (χ3v) is 7.92. The molecule has 7 rings (SSSR count). The number of carbonyl (C=O) groups excluding carboxylic acids is 1. The van der Waals surface area contributed by atoms with Crippen LogP contribution in [-0.4, -0.2) is 71.5 Å². The topological polar surface area (TPSA) is 166 Å². The predicted molar refractivity (Wildman–Crippen MR) is 208 cm³/mol. The van der Waals surface area contributed by atoms with E-state index in [0.717, 1.165) is 61.7 Å². The van der Waals surface area contributed by atoms with E-state index in [1.165, 1.54) is 0 Å². The molecule has 5 heterocycles. The molecule has 0 atom stereocenters. The van der Waals surface area contributed by atoms with Gasteiger partial charge < -0.3 is 25.5 Å². The fourth-order valence-electron chi connectivity index (χ4n) is 5.57. The Balaban J connectivity index is 0.000000180. The van der Waals surface area contributed by atoms with E-state index in [-0.39, 0.29) is 5.91 Å². The molecule has 52 heavy (non-hydrogen) atoms. The Hall–Kier alpha value is -7.02. The van der Waals surface area contributed by atoms with Gasteiger partial charge in [0.25, 0.3) is 5.91 Å². The monoisotopic (exact) mass is 690 g/mol. The van der Waals surface area contributed by atoms with Gasteiger partial charge in [0.1, 0.15) is 11.5 Å². The molecule has 4 N–H and O–H groups in total. The number of carbonyl (C=O) groups is 1. The van der Waals surface area contributed by atoms with Crippen molar-refractivity contribution in [3.63, 3.8) is 0 Å². The fraction of sp³-hybridized carbons (Fsp3) is 0.128. The third-order valence-electron chi connectivity index (χ3n) is 7.92. The maximum atomic E-state index is 12.2. The highest BCUT2D eigenvalue weighted by Crippen LogP contribution is 2.27. The van der Waals surface area contributed by atoms with Gasteiger partial charge in [0, 0.05) is 55.0 Å². The first-order valence-electron chi connectivity index (χ1n) is 16.3. The number of imidazole rings is 1. The number of allylic oxidation sites excluding steroid dienone is 2. The number of benzene rings is 2. The van der Waals surface area contributed by atoms with Crippen molar-refractivity contribution in [2.24, 2.45) is 4.99 Å². The van der Waals surface area contributed by atoms with Crippen molar-refractivity contribution in [2.45, 2.75) is 20.8 Å². The number of hydrogen-bond acceptors (Lipinski definition) is 10. The van der Waals surface area contributed by atoms with Crippen molar-refractivity contribution in [2.75, 3.05) is 24.7 Å². The van der Waals surface area contributed by atoms with Crippen LogP contribution in [0, 0.1) is 20.8 Å². The molecule has 0 aliphatic heterocycles. The number of aromatic amines is 2. The molecule has 0 unspecified atom stereocenters. The Morgan fingerprint density at radius 2 is 1.54 bits per heavy atom. The number of pyridine rings is 1. The number of anilines is 4. The van der Waals surface area contributed by atoms with E-state index >= 15 is 0 Å². The first-order valence-corrected chi connectivity index (χ1v) is 16.3. The van der Waals surface area contributed by atoms with Gasteiger partial charge in [-0.3, -0.25) is 14.8 Å². The molecule has 0 aliphatic carbocycles. The lowest BCUT2D eigenvalue weighted by atomic mass is 10.1. The van der Waals surface area contributed by atoms with E-state index in [4.69, 9.17) is 0 Å². The van der Waals surface area contributed by atoms with Crippen molar-refractivity contribution in [1.82, 2.24) is 44.8 Å². The van der Waals surface area contributed by atoms with Crippen LogP contribution in [0.3, 0.4) is 0 Å². The molecule has 0 saturated heterocycles. The van der Waals surface area contributed by atoms with Crippen LogP contribution in [0.15, 0.2) is 103 Å². The molecule has 0 aliphatic rings. The summed E-state index contributed by atoms with van der Waals surface area (Å²) in [5, 5.41) is 7.41. The number of hydrogen-bond donors (Lipinski definition) is 4. The summed E-state index contributed by atoms with van der Waals surface area (Å²) in [5.41, 5.74) is 10.2. The van der Waals surface area contributed by atoms with Crippen LogP contribution in [0.25, 0.3) is 39.0 Å². The summed E-state index contributed by atoms with van der Waals surface area (Å²) in [5.74, 6) is 1.81. The number of rotatable bonds is 9. The molecule has 13 nitrogen and oxygen atoms in total. The van der Waals surface area contributed by atoms with Gasteiger partial charge in [-0.2, -0.15) is 0 Å². The number of fused-ring (bicyclic) bond motifs is 2. The first-order chi connectivity index (χ1) is 25.1. The molecule has 13 heteroatoms. The molecule has 2 aromatic carbocycles. The largest absolute Gasteiger partial charge is 0.350 e. The number of nitrogens with zero attached hydrogens (tertiary/aromatic N) is 8. The zero-order valence-corrected chi connectivity index (χ0v) is 29.6. The van der Waals surface area contributed by atoms with Gasteiger partial charge in [-0.05, 0) is 99.3 Å². The van der Waals surface area contributed by atoms with Gasteiger partial charge in [-0.25, -0.2) is 24.9 Å². The van der Waals surface area contributed by atoms with Gasteiger partial charge in [-0.15, -0.1) is 0 Å². The lowest BCUT2D eigenvalue weighted by molar-refractivity contribution is 0.0823. The number of H-pyrrole nitrogens is 2. The molecule has 260 valence electrons.